The van der Waals surface area contributed by atoms with Crippen molar-refractivity contribution in [3.63, 3.8) is 0 Å². The van der Waals surface area contributed by atoms with Crippen LogP contribution in [0.25, 0.3) is 10.9 Å². The van der Waals surface area contributed by atoms with Crippen LogP contribution in [0.15, 0.2) is 47.1 Å². The molecular weight excluding hydrogens is 370 g/mol. The van der Waals surface area contributed by atoms with E-state index >= 15 is 0 Å². The average Bonchev–Trinajstić information content (AvgIpc) is 2.56. The molecule has 0 atom stereocenters. The van der Waals surface area contributed by atoms with Gasteiger partial charge in [-0.15, -0.1) is 0 Å². The van der Waals surface area contributed by atoms with Gasteiger partial charge in [0.1, 0.15) is 5.75 Å². The number of primary amides is 1. The van der Waals surface area contributed by atoms with Gasteiger partial charge in [0.15, 0.2) is 0 Å². The van der Waals surface area contributed by atoms with Gasteiger partial charge in [0, 0.05) is 21.7 Å². The number of ether oxygens (including phenoxy) is 1. The molecule has 0 aliphatic heterocycles. The normalized spacial score (nSPS) is 10.6. The summed E-state index contributed by atoms with van der Waals surface area (Å²) >= 11 is 3.45. The zero-order chi connectivity index (χ0) is 17.3. The molecule has 0 bridgehead atoms. The Kier molecular flexibility index (Phi) is 4.40. The van der Waals surface area contributed by atoms with Crippen molar-refractivity contribution in [1.29, 1.82) is 0 Å². The molecule has 1 aromatic heterocycles. The summed E-state index contributed by atoms with van der Waals surface area (Å²) in [5.41, 5.74) is 9.16. The number of benzene rings is 2. The second kappa shape index (κ2) is 6.49. The van der Waals surface area contributed by atoms with E-state index in [0.717, 1.165) is 26.6 Å². The minimum Gasteiger partial charge on any atom is -0.497 e. The van der Waals surface area contributed by atoms with Crippen molar-refractivity contribution in [2.75, 3.05) is 12.4 Å². The van der Waals surface area contributed by atoms with Gasteiger partial charge in [0.2, 0.25) is 0 Å². The molecule has 1 heterocycles. The summed E-state index contributed by atoms with van der Waals surface area (Å²) in [4.78, 5) is 16.2. The number of aromatic nitrogens is 1. The number of rotatable bonds is 4. The number of nitrogens with two attached hydrogens (primary N) is 1. The van der Waals surface area contributed by atoms with Crippen molar-refractivity contribution in [1.82, 2.24) is 4.98 Å². The summed E-state index contributed by atoms with van der Waals surface area (Å²) in [6.45, 7) is 1.99. The van der Waals surface area contributed by atoms with Crippen molar-refractivity contribution in [2.45, 2.75) is 6.92 Å². The Bertz CT molecular complexity index is 941. The topological polar surface area (TPSA) is 77.2 Å². The number of hydrogen-bond donors (Lipinski definition) is 2. The van der Waals surface area contributed by atoms with Crippen LogP contribution in [-0.2, 0) is 0 Å². The number of amides is 1. The third kappa shape index (κ3) is 3.05. The van der Waals surface area contributed by atoms with Gasteiger partial charge >= 0.3 is 0 Å². The summed E-state index contributed by atoms with van der Waals surface area (Å²) in [6, 6.07) is 11.4. The number of fused-ring (bicyclic) bond motifs is 1. The number of carbonyl (C=O) groups is 1. The van der Waals surface area contributed by atoms with E-state index in [1.807, 2.05) is 43.3 Å². The highest BCUT2D eigenvalue weighted by atomic mass is 79.9. The van der Waals surface area contributed by atoms with Gasteiger partial charge in [-0.2, -0.15) is 0 Å². The van der Waals surface area contributed by atoms with Gasteiger partial charge < -0.3 is 15.8 Å². The van der Waals surface area contributed by atoms with Gasteiger partial charge in [-0.3, -0.25) is 9.78 Å². The highest BCUT2D eigenvalue weighted by Gasteiger charge is 2.15. The Hall–Kier alpha value is -2.60. The van der Waals surface area contributed by atoms with E-state index in [0.29, 0.717) is 17.0 Å². The fourth-order valence-corrected chi connectivity index (χ4v) is 3.00. The molecule has 3 N–H and O–H groups in total. The fourth-order valence-electron chi connectivity index (χ4n) is 2.52. The lowest BCUT2D eigenvalue weighted by Gasteiger charge is -2.15. The van der Waals surface area contributed by atoms with Crippen LogP contribution in [0, 0.1) is 6.92 Å². The summed E-state index contributed by atoms with van der Waals surface area (Å²) in [5.74, 6) is 0.144. The SMILES string of the molecule is COc1ccc2ncc(C(N)=O)c(Nc3ccc(Br)cc3C)c2c1. The molecular formula is C18H16BrN3O2. The number of aryl methyl sites for hydroxylation is 1. The molecule has 3 rings (SSSR count). The Labute approximate surface area is 148 Å². The number of carbonyl (C=O) groups excluding carboxylic acids is 1. The molecule has 5 nitrogen and oxygen atoms in total. The summed E-state index contributed by atoms with van der Waals surface area (Å²) in [6.07, 6.45) is 1.49. The predicted molar refractivity (Wildman–Crippen MR) is 99.0 cm³/mol. The maximum absolute atomic E-state index is 11.9. The molecule has 2 aromatic carbocycles. The third-order valence-electron chi connectivity index (χ3n) is 3.79. The number of halogens is 1. The van der Waals surface area contributed by atoms with E-state index in [1.54, 1.807) is 7.11 Å². The maximum Gasteiger partial charge on any atom is 0.252 e. The van der Waals surface area contributed by atoms with Crippen LogP contribution >= 0.6 is 15.9 Å². The van der Waals surface area contributed by atoms with Gasteiger partial charge in [-0.1, -0.05) is 15.9 Å². The molecule has 3 aromatic rings. The van der Waals surface area contributed by atoms with Crippen LogP contribution in [-0.4, -0.2) is 18.0 Å². The fraction of sp³-hybridized carbons (Fsp3) is 0.111. The van der Waals surface area contributed by atoms with E-state index in [9.17, 15) is 4.79 Å². The second-order valence-corrected chi connectivity index (χ2v) is 6.29. The van der Waals surface area contributed by atoms with Crippen LogP contribution in [0.5, 0.6) is 5.75 Å². The Morgan fingerprint density at radius 1 is 1.25 bits per heavy atom. The van der Waals surface area contributed by atoms with Crippen molar-refractivity contribution < 1.29 is 9.53 Å². The first-order chi connectivity index (χ1) is 11.5. The highest BCUT2D eigenvalue weighted by Crippen LogP contribution is 2.33. The molecule has 0 aliphatic carbocycles. The molecule has 0 aliphatic rings. The van der Waals surface area contributed by atoms with Crippen molar-refractivity contribution in [3.05, 3.63) is 58.2 Å². The van der Waals surface area contributed by atoms with Crippen molar-refractivity contribution in [2.24, 2.45) is 5.73 Å². The standard InChI is InChI=1S/C18H16BrN3O2/c1-10-7-11(19)3-5-15(10)22-17-13-8-12(24-2)4-6-16(13)21-9-14(17)18(20)23/h3-9H,1-2H3,(H2,20,23)(H,21,22). The minimum absolute atomic E-state index is 0.332. The van der Waals surface area contributed by atoms with Gasteiger partial charge in [0.05, 0.1) is 23.9 Å². The monoisotopic (exact) mass is 385 g/mol. The Morgan fingerprint density at radius 2 is 2.04 bits per heavy atom. The molecule has 0 spiro atoms. The molecule has 6 heteroatoms. The molecule has 0 saturated heterocycles. The Morgan fingerprint density at radius 3 is 2.71 bits per heavy atom. The largest absolute Gasteiger partial charge is 0.497 e. The van der Waals surface area contributed by atoms with Crippen molar-refractivity contribution >= 4 is 44.1 Å². The molecule has 24 heavy (non-hydrogen) atoms. The first-order valence-corrected chi connectivity index (χ1v) is 8.08. The molecule has 122 valence electrons. The Balaban J connectivity index is 2.22. The zero-order valence-electron chi connectivity index (χ0n) is 13.3. The average molecular weight is 386 g/mol. The number of nitrogens with one attached hydrogen (secondary N) is 1. The van der Waals surface area contributed by atoms with Gasteiger partial charge in [0.25, 0.3) is 5.91 Å². The highest BCUT2D eigenvalue weighted by molar-refractivity contribution is 9.10. The molecule has 0 unspecified atom stereocenters. The smallest absolute Gasteiger partial charge is 0.252 e. The first kappa shape index (κ1) is 16.3. The summed E-state index contributed by atoms with van der Waals surface area (Å²) in [7, 11) is 1.60. The molecule has 0 fully saturated rings. The maximum atomic E-state index is 11.9. The van der Waals surface area contributed by atoms with E-state index in [1.165, 1.54) is 6.20 Å². The lowest BCUT2D eigenvalue weighted by molar-refractivity contribution is 0.100. The van der Waals surface area contributed by atoms with Crippen LogP contribution in [0.1, 0.15) is 15.9 Å². The van der Waals surface area contributed by atoms with Crippen LogP contribution in [0.2, 0.25) is 0 Å². The number of hydrogen-bond acceptors (Lipinski definition) is 4. The number of pyridine rings is 1. The van der Waals surface area contributed by atoms with Gasteiger partial charge in [-0.25, -0.2) is 0 Å². The van der Waals surface area contributed by atoms with E-state index in [-0.39, 0.29) is 0 Å². The van der Waals surface area contributed by atoms with Crippen LogP contribution < -0.4 is 15.8 Å². The molecule has 1 amide bonds. The lowest BCUT2D eigenvalue weighted by atomic mass is 10.1. The van der Waals surface area contributed by atoms with Crippen molar-refractivity contribution in [3.8, 4) is 5.75 Å². The summed E-state index contributed by atoms with van der Waals surface area (Å²) < 4.78 is 6.28. The van der Waals surface area contributed by atoms with Gasteiger partial charge in [-0.05, 0) is 48.9 Å². The minimum atomic E-state index is -0.538. The lowest BCUT2D eigenvalue weighted by Crippen LogP contribution is -2.14. The second-order valence-electron chi connectivity index (χ2n) is 5.38. The quantitative estimate of drug-likeness (QED) is 0.706. The first-order valence-electron chi connectivity index (χ1n) is 7.29. The third-order valence-corrected chi connectivity index (χ3v) is 4.28. The predicted octanol–water partition coefficient (Wildman–Crippen LogP) is 4.16. The molecule has 0 saturated carbocycles. The van der Waals surface area contributed by atoms with Crippen LogP contribution in [0.4, 0.5) is 11.4 Å². The summed E-state index contributed by atoms with van der Waals surface area (Å²) in [5, 5.41) is 4.10. The number of methoxy groups -OCH3 is 1. The zero-order valence-corrected chi connectivity index (χ0v) is 14.8. The van der Waals surface area contributed by atoms with Crippen LogP contribution in [0.3, 0.4) is 0 Å². The van der Waals surface area contributed by atoms with E-state index in [2.05, 4.69) is 26.2 Å². The van der Waals surface area contributed by atoms with E-state index < -0.39 is 5.91 Å². The number of nitrogens with zero attached hydrogens (tertiary/aromatic N) is 1. The van der Waals surface area contributed by atoms with E-state index in [4.69, 9.17) is 10.5 Å². The molecule has 0 radical (unpaired) electrons. The number of anilines is 2.